The van der Waals surface area contributed by atoms with Crippen LogP contribution in [0.4, 0.5) is 4.39 Å². The van der Waals surface area contributed by atoms with Gasteiger partial charge < -0.3 is 0 Å². The Balaban J connectivity index is 2.09. The van der Waals surface area contributed by atoms with E-state index >= 15 is 0 Å². The number of carbonyl (C=O) groups is 2. The topological polar surface area (TPSA) is 74.8 Å². The summed E-state index contributed by atoms with van der Waals surface area (Å²) >= 11 is 0. The molecule has 0 saturated carbocycles. The molecule has 0 radical (unpaired) electrons. The summed E-state index contributed by atoms with van der Waals surface area (Å²) in [7, 11) is 0. The number of fused-ring (bicyclic) bond motifs is 1. The van der Waals surface area contributed by atoms with Crippen molar-refractivity contribution in [2.45, 2.75) is 25.7 Å². The second kappa shape index (κ2) is 4.15. The lowest BCUT2D eigenvalue weighted by Gasteiger charge is -2.19. The number of hydrogen-bond acceptors (Lipinski definition) is 3. The minimum Gasteiger partial charge on any atom is -0.296 e. The van der Waals surface area contributed by atoms with Crippen LogP contribution in [0.25, 0.3) is 10.9 Å². The monoisotopic (exact) mass is 261 g/mol. The SMILES string of the molecule is Cc1c(F)ccc2c(C3CCC(=O)NC3=O)[nH]nc12. The Bertz CT molecular complexity index is 692. The lowest BCUT2D eigenvalue weighted by Crippen LogP contribution is -2.39. The Kier molecular flexibility index (Phi) is 2.58. The van der Waals surface area contributed by atoms with Gasteiger partial charge in [-0.2, -0.15) is 5.10 Å². The Morgan fingerprint density at radius 1 is 1.37 bits per heavy atom. The summed E-state index contributed by atoms with van der Waals surface area (Å²) in [5.41, 5.74) is 1.62. The fourth-order valence-corrected chi connectivity index (χ4v) is 2.45. The molecule has 1 aromatic heterocycles. The van der Waals surface area contributed by atoms with Crippen LogP contribution in [-0.4, -0.2) is 22.0 Å². The maximum atomic E-state index is 13.5. The number of aryl methyl sites for hydroxylation is 1. The summed E-state index contributed by atoms with van der Waals surface area (Å²) in [6.45, 7) is 1.65. The standard InChI is InChI=1S/C13H12FN3O2/c1-6-9(14)4-2-7-11(6)16-17-12(7)8-3-5-10(18)15-13(8)19/h2,4,8H,3,5H2,1H3,(H,16,17)(H,15,18,19). The van der Waals surface area contributed by atoms with Gasteiger partial charge in [0.1, 0.15) is 5.82 Å². The van der Waals surface area contributed by atoms with E-state index in [1.165, 1.54) is 6.07 Å². The predicted octanol–water partition coefficient (Wildman–Crippen LogP) is 1.53. The molecule has 2 heterocycles. The summed E-state index contributed by atoms with van der Waals surface area (Å²) in [4.78, 5) is 23.0. The van der Waals surface area contributed by atoms with Crippen molar-refractivity contribution in [3.63, 3.8) is 0 Å². The number of halogens is 1. The summed E-state index contributed by atoms with van der Waals surface area (Å²) in [5, 5.41) is 9.92. The summed E-state index contributed by atoms with van der Waals surface area (Å²) < 4.78 is 13.5. The van der Waals surface area contributed by atoms with Crippen molar-refractivity contribution in [2.24, 2.45) is 0 Å². The Hall–Kier alpha value is -2.24. The van der Waals surface area contributed by atoms with Gasteiger partial charge in [0.2, 0.25) is 11.8 Å². The van der Waals surface area contributed by atoms with Gasteiger partial charge >= 0.3 is 0 Å². The number of aromatic nitrogens is 2. The highest BCUT2D eigenvalue weighted by atomic mass is 19.1. The number of carbonyl (C=O) groups excluding carboxylic acids is 2. The first-order valence-corrected chi connectivity index (χ1v) is 6.04. The van der Waals surface area contributed by atoms with Crippen molar-refractivity contribution in [2.75, 3.05) is 0 Å². The Labute approximate surface area is 108 Å². The number of imide groups is 1. The van der Waals surface area contributed by atoms with Gasteiger partial charge in [0.25, 0.3) is 0 Å². The lowest BCUT2D eigenvalue weighted by molar-refractivity contribution is -0.134. The van der Waals surface area contributed by atoms with Gasteiger partial charge in [0, 0.05) is 17.4 Å². The third kappa shape index (κ3) is 1.80. The van der Waals surface area contributed by atoms with E-state index in [1.807, 2.05) is 0 Å². The maximum absolute atomic E-state index is 13.5. The highest BCUT2D eigenvalue weighted by Gasteiger charge is 2.30. The third-order valence-electron chi connectivity index (χ3n) is 3.53. The molecular formula is C13H12FN3O2. The molecule has 98 valence electrons. The molecule has 1 aliphatic rings. The Morgan fingerprint density at radius 2 is 2.16 bits per heavy atom. The molecule has 2 amide bonds. The van der Waals surface area contributed by atoms with Gasteiger partial charge in [-0.1, -0.05) is 0 Å². The fourth-order valence-electron chi connectivity index (χ4n) is 2.45. The maximum Gasteiger partial charge on any atom is 0.235 e. The normalized spacial score (nSPS) is 19.8. The summed E-state index contributed by atoms with van der Waals surface area (Å²) in [6.07, 6.45) is 0.746. The molecule has 3 rings (SSSR count). The van der Waals surface area contributed by atoms with Crippen LogP contribution in [-0.2, 0) is 9.59 Å². The van der Waals surface area contributed by atoms with Crippen LogP contribution in [0.5, 0.6) is 0 Å². The molecule has 2 aromatic rings. The van der Waals surface area contributed by atoms with Crippen molar-refractivity contribution in [1.82, 2.24) is 15.5 Å². The van der Waals surface area contributed by atoms with E-state index in [4.69, 9.17) is 0 Å². The molecule has 19 heavy (non-hydrogen) atoms. The van der Waals surface area contributed by atoms with E-state index < -0.39 is 5.92 Å². The largest absolute Gasteiger partial charge is 0.296 e. The van der Waals surface area contributed by atoms with Gasteiger partial charge in [0.15, 0.2) is 0 Å². The van der Waals surface area contributed by atoms with Crippen LogP contribution in [0.2, 0.25) is 0 Å². The predicted molar refractivity (Wildman–Crippen MR) is 65.9 cm³/mol. The summed E-state index contributed by atoms with van der Waals surface area (Å²) in [6, 6.07) is 2.97. The van der Waals surface area contributed by atoms with Crippen molar-refractivity contribution in [1.29, 1.82) is 0 Å². The van der Waals surface area contributed by atoms with Crippen LogP contribution in [0, 0.1) is 12.7 Å². The molecule has 0 spiro atoms. The van der Waals surface area contributed by atoms with Gasteiger partial charge in [-0.25, -0.2) is 4.39 Å². The van der Waals surface area contributed by atoms with Crippen molar-refractivity contribution in [3.05, 3.63) is 29.2 Å². The molecule has 1 atom stereocenters. The van der Waals surface area contributed by atoms with E-state index in [0.29, 0.717) is 29.6 Å². The van der Waals surface area contributed by atoms with Crippen LogP contribution < -0.4 is 5.32 Å². The van der Waals surface area contributed by atoms with Crippen molar-refractivity contribution >= 4 is 22.7 Å². The zero-order valence-corrected chi connectivity index (χ0v) is 10.3. The smallest absolute Gasteiger partial charge is 0.235 e. The number of rotatable bonds is 1. The first-order chi connectivity index (χ1) is 9.08. The van der Waals surface area contributed by atoms with Gasteiger partial charge in [-0.05, 0) is 25.5 Å². The number of amides is 2. The highest BCUT2D eigenvalue weighted by Crippen LogP contribution is 2.30. The summed E-state index contributed by atoms with van der Waals surface area (Å²) in [5.74, 6) is -1.35. The molecule has 1 fully saturated rings. The van der Waals surface area contributed by atoms with Crippen LogP contribution in [0.1, 0.15) is 30.0 Å². The fraction of sp³-hybridized carbons (Fsp3) is 0.308. The quantitative estimate of drug-likeness (QED) is 0.764. The minimum absolute atomic E-state index is 0.257. The van der Waals surface area contributed by atoms with Crippen molar-refractivity contribution in [3.8, 4) is 0 Å². The van der Waals surface area contributed by atoms with Crippen LogP contribution >= 0.6 is 0 Å². The van der Waals surface area contributed by atoms with E-state index in [9.17, 15) is 14.0 Å². The number of H-pyrrole nitrogens is 1. The molecule has 2 N–H and O–H groups in total. The first-order valence-electron chi connectivity index (χ1n) is 6.04. The second-order valence-electron chi connectivity index (χ2n) is 4.71. The molecule has 1 aromatic carbocycles. The lowest BCUT2D eigenvalue weighted by atomic mass is 9.92. The Morgan fingerprint density at radius 3 is 2.89 bits per heavy atom. The van der Waals surface area contributed by atoms with Gasteiger partial charge in [0.05, 0.1) is 17.1 Å². The average Bonchev–Trinajstić information content (AvgIpc) is 2.78. The number of hydrogen-bond donors (Lipinski definition) is 2. The second-order valence-corrected chi connectivity index (χ2v) is 4.71. The minimum atomic E-state index is -0.437. The molecule has 5 nitrogen and oxygen atoms in total. The number of piperidine rings is 1. The molecule has 0 aliphatic carbocycles. The first kappa shape index (κ1) is 11.8. The van der Waals surface area contributed by atoms with E-state index in [-0.39, 0.29) is 17.6 Å². The number of nitrogens with zero attached hydrogens (tertiary/aromatic N) is 1. The zero-order valence-electron chi connectivity index (χ0n) is 10.3. The number of benzene rings is 1. The molecule has 1 aliphatic heterocycles. The third-order valence-corrected chi connectivity index (χ3v) is 3.53. The molecule has 6 heteroatoms. The molecular weight excluding hydrogens is 249 g/mol. The van der Waals surface area contributed by atoms with Gasteiger partial charge in [-0.3, -0.25) is 20.0 Å². The zero-order chi connectivity index (χ0) is 13.6. The van der Waals surface area contributed by atoms with Crippen LogP contribution in [0.15, 0.2) is 12.1 Å². The number of nitrogens with one attached hydrogen (secondary N) is 2. The highest BCUT2D eigenvalue weighted by molar-refractivity contribution is 6.02. The van der Waals surface area contributed by atoms with Crippen LogP contribution in [0.3, 0.4) is 0 Å². The number of aromatic amines is 1. The van der Waals surface area contributed by atoms with E-state index in [1.54, 1.807) is 13.0 Å². The van der Waals surface area contributed by atoms with E-state index in [2.05, 4.69) is 15.5 Å². The van der Waals surface area contributed by atoms with Gasteiger partial charge in [-0.15, -0.1) is 0 Å². The molecule has 0 bridgehead atoms. The molecule has 1 unspecified atom stereocenters. The average molecular weight is 261 g/mol. The van der Waals surface area contributed by atoms with Crippen molar-refractivity contribution < 1.29 is 14.0 Å². The molecule has 1 saturated heterocycles. The van der Waals surface area contributed by atoms with E-state index in [0.717, 1.165) is 5.39 Å².